The molecule has 0 bridgehead atoms. The van der Waals surface area contributed by atoms with Crippen LogP contribution in [0.3, 0.4) is 0 Å². The largest absolute Gasteiger partial charge is 0.355 e. The minimum atomic E-state index is -3.86. The normalized spacial score (nSPS) is 14.4. The molecule has 0 aromatic heterocycles. The molecule has 3 rings (SSSR count). The molecule has 1 N–H and O–H groups in total. The molecule has 0 radical (unpaired) electrons. The van der Waals surface area contributed by atoms with Gasteiger partial charge < -0.3 is 5.32 Å². The standard InChI is InChI=1S/C23H26BrClN2O3S/c24-20-8-12-22(13-9-20)31(29,30)27(16-19-6-10-21(25)11-7-19)17-23(28)26-15-14-18-4-2-1-3-5-18/h4,6-13H,1-3,5,14-17H2,(H,26,28). The van der Waals surface area contributed by atoms with Crippen LogP contribution >= 0.6 is 27.5 Å². The molecule has 0 atom stereocenters. The van der Waals surface area contributed by atoms with Crippen molar-refractivity contribution in [3.63, 3.8) is 0 Å². The minimum Gasteiger partial charge on any atom is -0.355 e. The summed E-state index contributed by atoms with van der Waals surface area (Å²) >= 11 is 9.27. The van der Waals surface area contributed by atoms with E-state index < -0.39 is 10.0 Å². The van der Waals surface area contributed by atoms with E-state index in [-0.39, 0.29) is 23.9 Å². The molecule has 8 heteroatoms. The van der Waals surface area contributed by atoms with E-state index in [9.17, 15) is 13.2 Å². The number of hydrogen-bond donors (Lipinski definition) is 1. The Morgan fingerprint density at radius 3 is 2.42 bits per heavy atom. The van der Waals surface area contributed by atoms with Gasteiger partial charge in [-0.2, -0.15) is 4.31 Å². The molecular weight excluding hydrogens is 500 g/mol. The molecule has 5 nitrogen and oxygen atoms in total. The van der Waals surface area contributed by atoms with Gasteiger partial charge in [0.05, 0.1) is 11.4 Å². The molecule has 2 aromatic rings. The summed E-state index contributed by atoms with van der Waals surface area (Å²) in [7, 11) is -3.86. The zero-order valence-corrected chi connectivity index (χ0v) is 20.3. The quantitative estimate of drug-likeness (QED) is 0.452. The maximum absolute atomic E-state index is 13.3. The molecule has 1 amide bonds. The van der Waals surface area contributed by atoms with Crippen LogP contribution in [0.15, 0.2) is 69.5 Å². The summed E-state index contributed by atoms with van der Waals surface area (Å²) < 4.78 is 28.5. The number of nitrogens with zero attached hydrogens (tertiary/aromatic N) is 1. The van der Waals surface area contributed by atoms with Gasteiger partial charge >= 0.3 is 0 Å². The minimum absolute atomic E-state index is 0.0775. The zero-order valence-electron chi connectivity index (χ0n) is 17.2. The molecule has 0 saturated heterocycles. The van der Waals surface area contributed by atoms with E-state index in [0.29, 0.717) is 11.6 Å². The van der Waals surface area contributed by atoms with Gasteiger partial charge in [0.1, 0.15) is 0 Å². The van der Waals surface area contributed by atoms with Crippen molar-refractivity contribution in [3.05, 3.63) is 75.2 Å². The number of rotatable bonds is 9. The zero-order chi connectivity index (χ0) is 22.3. The van der Waals surface area contributed by atoms with Gasteiger partial charge in [-0.05, 0) is 74.1 Å². The maximum atomic E-state index is 13.3. The molecule has 0 spiro atoms. The van der Waals surface area contributed by atoms with Gasteiger partial charge in [0.25, 0.3) is 0 Å². The number of benzene rings is 2. The topological polar surface area (TPSA) is 66.5 Å². The highest BCUT2D eigenvalue weighted by Crippen LogP contribution is 2.22. The Balaban J connectivity index is 1.71. The molecule has 0 aliphatic heterocycles. The lowest BCUT2D eigenvalue weighted by Crippen LogP contribution is -2.40. The van der Waals surface area contributed by atoms with Crippen molar-refractivity contribution in [3.8, 4) is 0 Å². The van der Waals surface area contributed by atoms with Crippen LogP contribution in [0.5, 0.6) is 0 Å². The van der Waals surface area contributed by atoms with Crippen molar-refractivity contribution in [1.29, 1.82) is 0 Å². The van der Waals surface area contributed by atoms with Crippen LogP contribution < -0.4 is 5.32 Å². The monoisotopic (exact) mass is 524 g/mol. The van der Waals surface area contributed by atoms with Gasteiger partial charge in [-0.25, -0.2) is 8.42 Å². The van der Waals surface area contributed by atoms with Crippen LogP contribution in [0.1, 0.15) is 37.7 Å². The third-order valence-electron chi connectivity index (χ3n) is 5.20. The highest BCUT2D eigenvalue weighted by Gasteiger charge is 2.27. The Morgan fingerprint density at radius 2 is 1.77 bits per heavy atom. The third kappa shape index (κ3) is 7.17. The molecule has 0 unspecified atom stereocenters. The first-order chi connectivity index (χ1) is 14.8. The molecular formula is C23H26BrClN2O3S. The van der Waals surface area contributed by atoms with Crippen molar-refractivity contribution >= 4 is 43.5 Å². The smallest absolute Gasteiger partial charge is 0.243 e. The Hall–Kier alpha value is -1.67. The van der Waals surface area contributed by atoms with E-state index in [4.69, 9.17) is 11.6 Å². The van der Waals surface area contributed by atoms with Crippen molar-refractivity contribution in [2.24, 2.45) is 0 Å². The van der Waals surface area contributed by atoms with Crippen LogP contribution in [0.2, 0.25) is 5.02 Å². The van der Waals surface area contributed by atoms with Gasteiger partial charge in [-0.1, -0.05) is 51.3 Å². The summed E-state index contributed by atoms with van der Waals surface area (Å²) in [6.45, 7) is 0.339. The van der Waals surface area contributed by atoms with Crippen molar-refractivity contribution < 1.29 is 13.2 Å². The molecule has 0 heterocycles. The van der Waals surface area contributed by atoms with E-state index in [1.165, 1.54) is 34.9 Å². The van der Waals surface area contributed by atoms with E-state index in [1.54, 1.807) is 36.4 Å². The predicted molar refractivity (Wildman–Crippen MR) is 127 cm³/mol. The van der Waals surface area contributed by atoms with E-state index in [0.717, 1.165) is 29.3 Å². The second kappa shape index (κ2) is 11.3. The predicted octanol–water partition coefficient (Wildman–Crippen LogP) is 5.30. The molecule has 2 aromatic carbocycles. The van der Waals surface area contributed by atoms with Crippen LogP contribution in [-0.2, 0) is 21.4 Å². The molecule has 31 heavy (non-hydrogen) atoms. The number of sulfonamides is 1. The van der Waals surface area contributed by atoms with Crippen LogP contribution in [0.4, 0.5) is 0 Å². The fraction of sp³-hybridized carbons (Fsp3) is 0.348. The number of allylic oxidation sites excluding steroid dienone is 1. The van der Waals surface area contributed by atoms with E-state index in [1.807, 2.05) is 0 Å². The number of halogens is 2. The Kier molecular flexibility index (Phi) is 8.72. The maximum Gasteiger partial charge on any atom is 0.243 e. The molecule has 1 aliphatic carbocycles. The summed E-state index contributed by atoms with van der Waals surface area (Å²) in [6.07, 6.45) is 7.66. The molecule has 0 fully saturated rings. The van der Waals surface area contributed by atoms with Gasteiger partial charge in [-0.15, -0.1) is 0 Å². The van der Waals surface area contributed by atoms with Gasteiger partial charge in [0, 0.05) is 22.6 Å². The van der Waals surface area contributed by atoms with Crippen molar-refractivity contribution in [1.82, 2.24) is 9.62 Å². The average Bonchev–Trinajstić information content (AvgIpc) is 2.76. The first-order valence-electron chi connectivity index (χ1n) is 10.3. The lowest BCUT2D eigenvalue weighted by Gasteiger charge is -2.22. The first-order valence-corrected chi connectivity index (χ1v) is 12.9. The first kappa shape index (κ1) is 24.0. The SMILES string of the molecule is O=C(CN(Cc1ccc(Cl)cc1)S(=O)(=O)c1ccc(Br)cc1)NCCC1=CCCCC1. The second-order valence-corrected chi connectivity index (χ2v) is 10.9. The van der Waals surface area contributed by atoms with Crippen LogP contribution in [0, 0.1) is 0 Å². The fourth-order valence-corrected chi connectivity index (χ4v) is 5.26. The Labute approximate surface area is 197 Å². The number of hydrogen-bond acceptors (Lipinski definition) is 3. The fourth-order valence-electron chi connectivity index (χ4n) is 3.49. The van der Waals surface area contributed by atoms with Gasteiger partial charge in [-0.3, -0.25) is 4.79 Å². The van der Waals surface area contributed by atoms with Crippen LogP contribution in [0.25, 0.3) is 0 Å². The molecule has 1 aliphatic rings. The Bertz CT molecular complexity index is 1020. The highest BCUT2D eigenvalue weighted by atomic mass is 79.9. The number of amides is 1. The Morgan fingerprint density at radius 1 is 1.06 bits per heavy atom. The summed E-state index contributed by atoms with van der Waals surface area (Å²) in [5.74, 6) is -0.314. The molecule has 166 valence electrons. The van der Waals surface area contributed by atoms with Gasteiger partial charge in [0.2, 0.25) is 15.9 Å². The van der Waals surface area contributed by atoms with E-state index >= 15 is 0 Å². The van der Waals surface area contributed by atoms with Crippen LogP contribution in [-0.4, -0.2) is 31.7 Å². The van der Waals surface area contributed by atoms with Crippen molar-refractivity contribution in [2.75, 3.05) is 13.1 Å². The van der Waals surface area contributed by atoms with Gasteiger partial charge in [0.15, 0.2) is 0 Å². The number of carbonyl (C=O) groups excluding carboxylic acids is 1. The summed E-state index contributed by atoms with van der Waals surface area (Å²) in [6, 6.07) is 13.3. The van der Waals surface area contributed by atoms with Crippen molar-refractivity contribution in [2.45, 2.75) is 43.5 Å². The lowest BCUT2D eigenvalue weighted by atomic mass is 9.97. The lowest BCUT2D eigenvalue weighted by molar-refractivity contribution is -0.121. The summed E-state index contributed by atoms with van der Waals surface area (Å²) in [5.41, 5.74) is 2.12. The molecule has 0 saturated carbocycles. The highest BCUT2D eigenvalue weighted by molar-refractivity contribution is 9.10. The summed E-state index contributed by atoms with van der Waals surface area (Å²) in [4.78, 5) is 12.7. The number of nitrogens with one attached hydrogen (secondary N) is 1. The summed E-state index contributed by atoms with van der Waals surface area (Å²) in [5, 5.41) is 3.44. The van der Waals surface area contributed by atoms with E-state index in [2.05, 4.69) is 27.3 Å². The third-order valence-corrected chi connectivity index (χ3v) is 7.78. The number of carbonyl (C=O) groups is 1. The average molecular weight is 526 g/mol. The second-order valence-electron chi connectivity index (χ2n) is 7.56.